The van der Waals surface area contributed by atoms with Gasteiger partial charge in [-0.05, 0) is 6.42 Å². The topological polar surface area (TPSA) is 112 Å². The van der Waals surface area contributed by atoms with E-state index in [1.807, 2.05) is 0 Å². The minimum atomic E-state index is -1.67. The molecule has 0 spiro atoms. The zero-order chi connectivity index (χ0) is 9.72. The van der Waals surface area contributed by atoms with Crippen LogP contribution in [0.15, 0.2) is 0 Å². The van der Waals surface area contributed by atoms with Gasteiger partial charge in [-0.1, -0.05) is 0 Å². The zero-order valence-corrected chi connectivity index (χ0v) is 6.06. The Bertz CT molecular complexity index is 208. The minimum Gasteiger partial charge on any atom is -0.479 e. The molecule has 0 heterocycles. The Morgan fingerprint density at radius 2 is 1.67 bits per heavy atom. The predicted molar refractivity (Wildman–Crippen MR) is 35.5 cm³/mol. The lowest BCUT2D eigenvalue weighted by atomic mass is 10.1. The summed E-state index contributed by atoms with van der Waals surface area (Å²) in [5.41, 5.74) is 0. The monoisotopic (exact) mass is 176 g/mol. The molecule has 12 heavy (non-hydrogen) atoms. The molecule has 0 aliphatic carbocycles. The van der Waals surface area contributed by atoms with Gasteiger partial charge in [-0.2, -0.15) is 0 Å². The summed E-state index contributed by atoms with van der Waals surface area (Å²) in [7, 11) is 0. The fourth-order valence-corrected chi connectivity index (χ4v) is 0.498. The molecule has 0 aliphatic heterocycles. The number of rotatable bonds is 5. The number of hydrogen-bond donors (Lipinski definition) is 3. The second kappa shape index (κ2) is 4.45. The average Bonchev–Trinajstić information content (AvgIpc) is 1.98. The van der Waals surface area contributed by atoms with E-state index in [9.17, 15) is 14.4 Å². The summed E-state index contributed by atoms with van der Waals surface area (Å²) >= 11 is 0. The molecule has 1 atom stereocenters. The molecule has 0 aromatic carbocycles. The van der Waals surface area contributed by atoms with Gasteiger partial charge in [0.2, 0.25) is 5.78 Å². The molecule has 0 bridgehead atoms. The molecule has 6 nitrogen and oxygen atoms in total. The van der Waals surface area contributed by atoms with Crippen molar-refractivity contribution in [1.82, 2.24) is 0 Å². The standard InChI is InChI=1S/C6H8O6/c7-3(5(9)10)1-2-4(8)6(11)12/h3,7H,1-2H2,(H,9,10)(H,11,12). The molecule has 0 saturated heterocycles. The van der Waals surface area contributed by atoms with E-state index >= 15 is 0 Å². The molecule has 0 aliphatic rings. The Labute approximate surface area is 67.4 Å². The average molecular weight is 176 g/mol. The molecule has 3 N–H and O–H groups in total. The van der Waals surface area contributed by atoms with Crippen molar-refractivity contribution >= 4 is 17.7 Å². The number of carbonyl (C=O) groups excluding carboxylic acids is 1. The van der Waals surface area contributed by atoms with Crippen LogP contribution in [-0.2, 0) is 14.4 Å². The van der Waals surface area contributed by atoms with Crippen LogP contribution >= 0.6 is 0 Å². The molecular weight excluding hydrogens is 168 g/mol. The highest BCUT2D eigenvalue weighted by molar-refractivity contribution is 6.32. The van der Waals surface area contributed by atoms with E-state index in [0.29, 0.717) is 0 Å². The van der Waals surface area contributed by atoms with Gasteiger partial charge in [-0.25, -0.2) is 9.59 Å². The van der Waals surface area contributed by atoms with Crippen molar-refractivity contribution in [2.24, 2.45) is 0 Å². The third-order valence-electron chi connectivity index (χ3n) is 1.17. The first-order valence-corrected chi connectivity index (χ1v) is 3.12. The first-order valence-electron chi connectivity index (χ1n) is 3.12. The number of Topliss-reactive ketones (excluding diaryl/α,β-unsaturated/α-hetero) is 1. The quantitative estimate of drug-likeness (QED) is 0.457. The summed E-state index contributed by atoms with van der Waals surface area (Å²) < 4.78 is 0. The van der Waals surface area contributed by atoms with Gasteiger partial charge >= 0.3 is 11.9 Å². The maximum Gasteiger partial charge on any atom is 0.372 e. The lowest BCUT2D eigenvalue weighted by Gasteiger charge is -2.01. The van der Waals surface area contributed by atoms with Crippen molar-refractivity contribution in [2.75, 3.05) is 0 Å². The highest BCUT2D eigenvalue weighted by atomic mass is 16.4. The summed E-state index contributed by atoms with van der Waals surface area (Å²) in [4.78, 5) is 30.2. The van der Waals surface area contributed by atoms with Gasteiger partial charge in [-0.15, -0.1) is 0 Å². The number of aliphatic hydroxyl groups excluding tert-OH is 1. The lowest BCUT2D eigenvalue weighted by Crippen LogP contribution is -2.22. The van der Waals surface area contributed by atoms with Crippen LogP contribution in [0.25, 0.3) is 0 Å². The zero-order valence-electron chi connectivity index (χ0n) is 6.06. The maximum atomic E-state index is 10.4. The molecule has 0 aromatic heterocycles. The van der Waals surface area contributed by atoms with Gasteiger partial charge < -0.3 is 15.3 Å². The molecule has 0 radical (unpaired) electrons. The van der Waals surface area contributed by atoms with Gasteiger partial charge in [0.05, 0.1) is 0 Å². The van der Waals surface area contributed by atoms with E-state index in [1.165, 1.54) is 0 Å². The van der Waals surface area contributed by atoms with E-state index in [2.05, 4.69) is 0 Å². The molecule has 1 unspecified atom stereocenters. The van der Waals surface area contributed by atoms with Crippen molar-refractivity contribution in [3.05, 3.63) is 0 Å². The molecule has 0 fully saturated rings. The molecule has 6 heteroatoms. The number of hydrogen-bond acceptors (Lipinski definition) is 4. The van der Waals surface area contributed by atoms with Crippen LogP contribution in [-0.4, -0.2) is 39.1 Å². The normalized spacial score (nSPS) is 12.1. The largest absolute Gasteiger partial charge is 0.479 e. The van der Waals surface area contributed by atoms with Gasteiger partial charge in [0.15, 0.2) is 6.10 Å². The third-order valence-corrected chi connectivity index (χ3v) is 1.17. The Hall–Kier alpha value is -1.43. The van der Waals surface area contributed by atoms with Crippen LogP contribution in [0.5, 0.6) is 0 Å². The van der Waals surface area contributed by atoms with E-state index in [1.54, 1.807) is 0 Å². The van der Waals surface area contributed by atoms with Crippen molar-refractivity contribution in [2.45, 2.75) is 18.9 Å². The number of aliphatic hydroxyl groups is 1. The number of ketones is 1. The smallest absolute Gasteiger partial charge is 0.372 e. The van der Waals surface area contributed by atoms with Gasteiger partial charge in [0.1, 0.15) is 0 Å². The van der Waals surface area contributed by atoms with Crippen LogP contribution in [0, 0.1) is 0 Å². The Balaban J connectivity index is 3.76. The molecule has 68 valence electrons. The van der Waals surface area contributed by atoms with Crippen LogP contribution in [0.4, 0.5) is 0 Å². The van der Waals surface area contributed by atoms with Crippen LogP contribution < -0.4 is 0 Å². The SMILES string of the molecule is O=C(O)C(=O)CCC(O)C(=O)O. The summed E-state index contributed by atoms with van der Waals surface area (Å²) in [5.74, 6) is -4.18. The lowest BCUT2D eigenvalue weighted by molar-refractivity contribution is -0.151. The fourth-order valence-electron chi connectivity index (χ4n) is 0.498. The third kappa shape index (κ3) is 3.67. The molecule has 0 amide bonds. The van der Waals surface area contributed by atoms with E-state index in [-0.39, 0.29) is 6.42 Å². The van der Waals surface area contributed by atoms with Crippen molar-refractivity contribution in [3.63, 3.8) is 0 Å². The first kappa shape index (κ1) is 10.6. The van der Waals surface area contributed by atoms with Gasteiger partial charge in [-0.3, -0.25) is 4.79 Å². The molecule has 0 rings (SSSR count). The summed E-state index contributed by atoms with van der Waals surface area (Å²) in [5, 5.41) is 24.8. The number of carboxylic acids is 2. The number of carbonyl (C=O) groups is 3. The Morgan fingerprint density at radius 1 is 1.17 bits per heavy atom. The van der Waals surface area contributed by atoms with Gasteiger partial charge in [0.25, 0.3) is 0 Å². The molecule has 0 saturated carbocycles. The van der Waals surface area contributed by atoms with E-state index in [0.717, 1.165) is 0 Å². The fraction of sp³-hybridized carbons (Fsp3) is 0.500. The minimum absolute atomic E-state index is 0.375. The second-order valence-electron chi connectivity index (χ2n) is 2.12. The van der Waals surface area contributed by atoms with Crippen LogP contribution in [0.3, 0.4) is 0 Å². The summed E-state index contributed by atoms with van der Waals surface area (Å²) in [6, 6.07) is 0. The van der Waals surface area contributed by atoms with Crippen LogP contribution in [0.1, 0.15) is 12.8 Å². The van der Waals surface area contributed by atoms with Crippen molar-refractivity contribution in [1.29, 1.82) is 0 Å². The summed E-state index contributed by atoms with van der Waals surface area (Å²) in [6.45, 7) is 0. The van der Waals surface area contributed by atoms with Crippen molar-refractivity contribution in [3.8, 4) is 0 Å². The van der Waals surface area contributed by atoms with E-state index in [4.69, 9.17) is 15.3 Å². The highest BCUT2D eigenvalue weighted by Crippen LogP contribution is 1.97. The maximum absolute atomic E-state index is 10.4. The van der Waals surface area contributed by atoms with Crippen molar-refractivity contribution < 1.29 is 29.7 Å². The molecular formula is C6H8O6. The van der Waals surface area contributed by atoms with E-state index < -0.39 is 30.2 Å². The predicted octanol–water partition coefficient (Wildman–Crippen LogP) is -1.13. The highest BCUT2D eigenvalue weighted by Gasteiger charge is 2.17. The molecule has 0 aromatic rings. The second-order valence-corrected chi connectivity index (χ2v) is 2.12. The number of aliphatic carboxylic acids is 2. The Kier molecular flexibility index (Phi) is 3.92. The number of carboxylic acid groups (broad SMARTS) is 2. The van der Waals surface area contributed by atoms with Gasteiger partial charge in [0, 0.05) is 6.42 Å². The van der Waals surface area contributed by atoms with Crippen LogP contribution in [0.2, 0.25) is 0 Å². The first-order chi connectivity index (χ1) is 5.45. The Morgan fingerprint density at radius 3 is 2.00 bits per heavy atom. The summed E-state index contributed by atoms with van der Waals surface area (Å²) in [6.07, 6.45) is -2.52.